The lowest BCUT2D eigenvalue weighted by Crippen LogP contribution is -2.47. The Morgan fingerprint density at radius 3 is 2.56 bits per heavy atom. The van der Waals surface area contributed by atoms with Crippen LogP contribution in [0.4, 0.5) is 5.82 Å². The van der Waals surface area contributed by atoms with Crippen LogP contribution in [-0.2, 0) is 10.0 Å². The highest BCUT2D eigenvalue weighted by molar-refractivity contribution is 7.89. The topological polar surface area (TPSA) is 65.5 Å². The minimum absolute atomic E-state index is 0.298. The Kier molecular flexibility index (Phi) is 3.84. The summed E-state index contributed by atoms with van der Waals surface area (Å²) in [4.78, 5) is 6.45. The highest BCUT2D eigenvalue weighted by atomic mass is 32.2. The van der Waals surface area contributed by atoms with Gasteiger partial charge in [0, 0.05) is 45.5 Å². The van der Waals surface area contributed by atoms with Crippen molar-refractivity contribution in [1.29, 1.82) is 0 Å². The molecule has 1 saturated heterocycles. The van der Waals surface area contributed by atoms with Gasteiger partial charge in [0.2, 0.25) is 10.0 Å². The molecule has 1 aromatic heterocycles. The van der Waals surface area contributed by atoms with Gasteiger partial charge < -0.3 is 10.2 Å². The molecule has 2 heterocycles. The van der Waals surface area contributed by atoms with Crippen molar-refractivity contribution in [2.24, 2.45) is 0 Å². The number of nitrogens with one attached hydrogen (secondary N) is 1. The van der Waals surface area contributed by atoms with Gasteiger partial charge in [0.05, 0.1) is 4.90 Å². The van der Waals surface area contributed by atoms with E-state index in [1.165, 1.54) is 16.6 Å². The van der Waals surface area contributed by atoms with Crippen LogP contribution in [0.5, 0.6) is 0 Å². The van der Waals surface area contributed by atoms with Gasteiger partial charge in [0.1, 0.15) is 5.82 Å². The highest BCUT2D eigenvalue weighted by Gasteiger charge is 2.27. The molecule has 0 spiro atoms. The van der Waals surface area contributed by atoms with E-state index in [2.05, 4.69) is 15.2 Å². The number of pyridine rings is 1. The first-order valence-corrected chi connectivity index (χ1v) is 7.30. The smallest absolute Gasteiger partial charge is 0.243 e. The quantitative estimate of drug-likeness (QED) is 0.841. The third-order valence-electron chi connectivity index (χ3n) is 3.09. The van der Waals surface area contributed by atoms with Gasteiger partial charge in [-0.2, -0.15) is 4.31 Å². The Morgan fingerprint density at radius 2 is 1.94 bits per heavy atom. The molecule has 2 rings (SSSR count). The Hall–Kier alpha value is -1.18. The maximum absolute atomic E-state index is 12.4. The number of aromatic nitrogens is 1. The van der Waals surface area contributed by atoms with Gasteiger partial charge in [-0.1, -0.05) is 0 Å². The first-order valence-electron chi connectivity index (χ1n) is 5.86. The van der Waals surface area contributed by atoms with Crippen molar-refractivity contribution in [2.75, 3.05) is 45.6 Å². The predicted octanol–water partition coefficient (Wildman–Crippen LogP) is 0.0594. The lowest BCUT2D eigenvalue weighted by Gasteiger charge is -2.31. The van der Waals surface area contributed by atoms with E-state index < -0.39 is 10.0 Å². The summed E-state index contributed by atoms with van der Waals surface area (Å²) in [6, 6.07) is 3.10. The van der Waals surface area contributed by atoms with Crippen LogP contribution in [0.25, 0.3) is 0 Å². The first-order chi connectivity index (χ1) is 8.54. The van der Waals surface area contributed by atoms with E-state index in [0.717, 1.165) is 13.1 Å². The number of piperazine rings is 1. The molecule has 1 aromatic rings. The van der Waals surface area contributed by atoms with E-state index in [1.54, 1.807) is 13.1 Å². The summed E-state index contributed by atoms with van der Waals surface area (Å²) in [5.41, 5.74) is 0. The van der Waals surface area contributed by atoms with Crippen molar-refractivity contribution in [3.8, 4) is 0 Å². The number of likely N-dealkylation sites (N-methyl/N-ethyl adjacent to an activating group) is 1. The molecule has 0 atom stereocenters. The molecule has 18 heavy (non-hydrogen) atoms. The molecule has 1 fully saturated rings. The van der Waals surface area contributed by atoms with Crippen molar-refractivity contribution < 1.29 is 8.42 Å². The van der Waals surface area contributed by atoms with Gasteiger partial charge in [0.15, 0.2) is 0 Å². The van der Waals surface area contributed by atoms with E-state index in [-0.39, 0.29) is 0 Å². The molecule has 0 radical (unpaired) electrons. The second-order valence-corrected chi connectivity index (χ2v) is 6.27. The maximum atomic E-state index is 12.4. The van der Waals surface area contributed by atoms with E-state index in [9.17, 15) is 8.42 Å². The molecule has 7 heteroatoms. The Balaban J connectivity index is 2.24. The van der Waals surface area contributed by atoms with Crippen molar-refractivity contribution >= 4 is 15.8 Å². The highest BCUT2D eigenvalue weighted by Crippen LogP contribution is 2.18. The summed E-state index contributed by atoms with van der Waals surface area (Å²) in [7, 11) is 0.321. The van der Waals surface area contributed by atoms with E-state index in [1.807, 2.05) is 7.05 Å². The van der Waals surface area contributed by atoms with Crippen LogP contribution in [0.3, 0.4) is 0 Å². The fourth-order valence-corrected chi connectivity index (χ4v) is 3.32. The largest absolute Gasteiger partial charge is 0.373 e. The number of rotatable bonds is 3. The lowest BCUT2D eigenvalue weighted by atomic mass is 10.4. The number of hydrogen-bond acceptors (Lipinski definition) is 5. The minimum Gasteiger partial charge on any atom is -0.373 e. The number of hydrogen-bond donors (Lipinski definition) is 1. The van der Waals surface area contributed by atoms with Crippen LogP contribution in [0, 0.1) is 0 Å². The number of anilines is 1. The summed E-state index contributed by atoms with van der Waals surface area (Å²) >= 11 is 0. The summed E-state index contributed by atoms with van der Waals surface area (Å²) in [5, 5.41) is 2.85. The zero-order valence-electron chi connectivity index (χ0n) is 10.6. The number of sulfonamides is 1. The normalized spacial score (nSPS) is 18.8. The fraction of sp³-hybridized carbons (Fsp3) is 0.545. The second-order valence-electron chi connectivity index (χ2n) is 4.33. The molecule has 0 saturated carbocycles. The molecule has 0 bridgehead atoms. The standard InChI is InChI=1S/C11H18N4O2S/c1-12-11-9-10(3-4-13-11)18(16,17)15-7-5-14(2)6-8-15/h3-4,9H,5-8H2,1-2H3,(H,12,13). The monoisotopic (exact) mass is 270 g/mol. The van der Waals surface area contributed by atoms with Crippen molar-refractivity contribution in [3.05, 3.63) is 18.3 Å². The first kappa shape index (κ1) is 13.3. The summed E-state index contributed by atoms with van der Waals surface area (Å²) in [5.74, 6) is 0.560. The van der Waals surface area contributed by atoms with Gasteiger partial charge in [-0.05, 0) is 13.1 Å². The van der Waals surface area contributed by atoms with Crippen LogP contribution >= 0.6 is 0 Å². The summed E-state index contributed by atoms with van der Waals surface area (Å²) in [6.07, 6.45) is 1.51. The molecule has 1 aliphatic rings. The van der Waals surface area contributed by atoms with E-state index in [0.29, 0.717) is 23.8 Å². The van der Waals surface area contributed by atoms with Crippen LogP contribution in [-0.4, -0.2) is 62.9 Å². The zero-order chi connectivity index (χ0) is 13.2. The maximum Gasteiger partial charge on any atom is 0.243 e. The molecule has 0 unspecified atom stereocenters. The number of nitrogens with zero attached hydrogens (tertiary/aromatic N) is 3. The Labute approximate surface area is 108 Å². The van der Waals surface area contributed by atoms with E-state index >= 15 is 0 Å². The van der Waals surface area contributed by atoms with Crippen LogP contribution < -0.4 is 5.32 Å². The third-order valence-corrected chi connectivity index (χ3v) is 4.98. The molecule has 0 aliphatic carbocycles. The van der Waals surface area contributed by atoms with Crippen LogP contribution in [0.15, 0.2) is 23.2 Å². The van der Waals surface area contributed by atoms with Gasteiger partial charge >= 0.3 is 0 Å². The molecule has 0 amide bonds. The Morgan fingerprint density at radius 1 is 1.28 bits per heavy atom. The van der Waals surface area contributed by atoms with Gasteiger partial charge in [-0.25, -0.2) is 13.4 Å². The second kappa shape index (κ2) is 5.21. The fourth-order valence-electron chi connectivity index (χ4n) is 1.89. The minimum atomic E-state index is -3.39. The molecule has 0 aromatic carbocycles. The SMILES string of the molecule is CNc1cc(S(=O)(=O)N2CCN(C)CC2)ccn1. The van der Waals surface area contributed by atoms with Crippen molar-refractivity contribution in [2.45, 2.75) is 4.90 Å². The molecular weight excluding hydrogens is 252 g/mol. The Bertz CT molecular complexity index is 510. The van der Waals surface area contributed by atoms with Crippen molar-refractivity contribution in [3.63, 3.8) is 0 Å². The van der Waals surface area contributed by atoms with E-state index in [4.69, 9.17) is 0 Å². The zero-order valence-corrected chi connectivity index (χ0v) is 11.4. The molecule has 6 nitrogen and oxygen atoms in total. The van der Waals surface area contributed by atoms with Gasteiger partial charge in [0.25, 0.3) is 0 Å². The average molecular weight is 270 g/mol. The summed E-state index contributed by atoms with van der Waals surface area (Å²) < 4.78 is 26.4. The lowest BCUT2D eigenvalue weighted by molar-refractivity contribution is 0.222. The van der Waals surface area contributed by atoms with Gasteiger partial charge in [-0.3, -0.25) is 0 Å². The third kappa shape index (κ3) is 2.63. The predicted molar refractivity (Wildman–Crippen MR) is 70.0 cm³/mol. The molecule has 1 N–H and O–H groups in total. The van der Waals surface area contributed by atoms with Crippen LogP contribution in [0.2, 0.25) is 0 Å². The molecular formula is C11H18N4O2S. The average Bonchev–Trinajstić information content (AvgIpc) is 2.39. The van der Waals surface area contributed by atoms with Crippen molar-refractivity contribution in [1.82, 2.24) is 14.2 Å². The van der Waals surface area contributed by atoms with Crippen LogP contribution in [0.1, 0.15) is 0 Å². The summed E-state index contributed by atoms with van der Waals surface area (Å²) in [6.45, 7) is 2.61. The molecule has 100 valence electrons. The molecule has 1 aliphatic heterocycles. The van der Waals surface area contributed by atoms with Gasteiger partial charge in [-0.15, -0.1) is 0 Å².